The fourth-order valence-corrected chi connectivity index (χ4v) is 3.22. The summed E-state index contributed by atoms with van der Waals surface area (Å²) in [6.45, 7) is 9.44. The molecule has 0 aromatic carbocycles. The molecular weight excluding hydrogens is 302 g/mol. The van der Waals surface area contributed by atoms with E-state index in [4.69, 9.17) is 5.10 Å². The van der Waals surface area contributed by atoms with Crippen LogP contribution in [0.15, 0.2) is 18.3 Å². The van der Waals surface area contributed by atoms with Crippen molar-refractivity contribution >= 4 is 16.9 Å². The number of carbonyl (C=O) groups is 1. The Morgan fingerprint density at radius 3 is 3.00 bits per heavy atom. The Morgan fingerprint density at radius 2 is 2.29 bits per heavy atom. The molecule has 0 bridgehead atoms. The summed E-state index contributed by atoms with van der Waals surface area (Å²) < 4.78 is 1.93. The predicted octanol–water partition coefficient (Wildman–Crippen LogP) is 2.06. The molecule has 0 radical (unpaired) electrons. The van der Waals surface area contributed by atoms with Crippen molar-refractivity contribution in [1.82, 2.24) is 25.4 Å². The first kappa shape index (κ1) is 16.9. The van der Waals surface area contributed by atoms with Crippen LogP contribution in [0.3, 0.4) is 0 Å². The van der Waals surface area contributed by atoms with Gasteiger partial charge in [-0.25, -0.2) is 9.67 Å². The molecule has 0 aliphatic carbocycles. The molecule has 1 fully saturated rings. The van der Waals surface area contributed by atoms with Crippen LogP contribution < -0.4 is 10.6 Å². The summed E-state index contributed by atoms with van der Waals surface area (Å²) in [6, 6.07) is 4.06. The van der Waals surface area contributed by atoms with Gasteiger partial charge in [0.25, 0.3) is 0 Å². The smallest absolute Gasteiger partial charge is 0.220 e. The second kappa shape index (κ2) is 6.89. The maximum absolute atomic E-state index is 12.0. The standard InChI is InChI=1S/C18H27N5O/c1-18(2,3)11-15(24)20-9-10-23-17-14(5-4-7-21-17)16(22-23)13-6-8-19-12-13/h4-5,7,13,19H,6,8-12H2,1-3H3,(H,20,24)/t13-/m0/s1. The van der Waals surface area contributed by atoms with Crippen molar-refractivity contribution in [3.05, 3.63) is 24.0 Å². The van der Waals surface area contributed by atoms with Gasteiger partial charge in [0.15, 0.2) is 5.65 Å². The number of carbonyl (C=O) groups excluding carboxylic acids is 1. The zero-order valence-corrected chi connectivity index (χ0v) is 14.8. The van der Waals surface area contributed by atoms with Gasteiger partial charge in [-0.15, -0.1) is 0 Å². The number of amides is 1. The van der Waals surface area contributed by atoms with Crippen molar-refractivity contribution in [3.63, 3.8) is 0 Å². The van der Waals surface area contributed by atoms with E-state index in [1.54, 1.807) is 6.20 Å². The number of rotatable bonds is 5. The van der Waals surface area contributed by atoms with Crippen molar-refractivity contribution in [2.24, 2.45) is 5.41 Å². The fraction of sp³-hybridized carbons (Fsp3) is 0.611. The van der Waals surface area contributed by atoms with Gasteiger partial charge in [0.1, 0.15) is 0 Å². The van der Waals surface area contributed by atoms with E-state index in [1.165, 1.54) is 0 Å². The summed E-state index contributed by atoms with van der Waals surface area (Å²) >= 11 is 0. The van der Waals surface area contributed by atoms with E-state index in [1.807, 2.05) is 10.7 Å². The van der Waals surface area contributed by atoms with Crippen LogP contribution in [0.2, 0.25) is 0 Å². The summed E-state index contributed by atoms with van der Waals surface area (Å²) in [5, 5.41) is 12.3. The van der Waals surface area contributed by atoms with E-state index in [9.17, 15) is 4.79 Å². The van der Waals surface area contributed by atoms with Crippen molar-refractivity contribution < 1.29 is 4.79 Å². The predicted molar refractivity (Wildman–Crippen MR) is 94.8 cm³/mol. The summed E-state index contributed by atoms with van der Waals surface area (Å²) in [4.78, 5) is 16.5. The van der Waals surface area contributed by atoms with Gasteiger partial charge in [-0.2, -0.15) is 5.10 Å². The van der Waals surface area contributed by atoms with Crippen molar-refractivity contribution in [1.29, 1.82) is 0 Å². The first-order valence-corrected chi connectivity index (χ1v) is 8.73. The lowest BCUT2D eigenvalue weighted by atomic mass is 9.92. The third kappa shape index (κ3) is 3.93. The van der Waals surface area contributed by atoms with Crippen LogP contribution in [-0.4, -0.2) is 40.3 Å². The molecule has 1 aliphatic rings. The zero-order valence-electron chi connectivity index (χ0n) is 14.8. The lowest BCUT2D eigenvalue weighted by Gasteiger charge is -2.17. The van der Waals surface area contributed by atoms with Crippen LogP contribution >= 0.6 is 0 Å². The molecule has 6 nitrogen and oxygen atoms in total. The Morgan fingerprint density at radius 1 is 1.46 bits per heavy atom. The number of nitrogens with zero attached hydrogens (tertiary/aromatic N) is 3. The van der Waals surface area contributed by atoms with Crippen LogP contribution in [0.1, 0.15) is 45.2 Å². The second-order valence-corrected chi connectivity index (χ2v) is 7.76. The molecule has 2 N–H and O–H groups in total. The van der Waals surface area contributed by atoms with Gasteiger partial charge in [0, 0.05) is 37.0 Å². The lowest BCUT2D eigenvalue weighted by Crippen LogP contribution is -2.30. The Bertz CT molecular complexity index is 710. The second-order valence-electron chi connectivity index (χ2n) is 7.76. The summed E-state index contributed by atoms with van der Waals surface area (Å²) in [7, 11) is 0. The maximum atomic E-state index is 12.0. The van der Waals surface area contributed by atoms with Crippen LogP contribution in [-0.2, 0) is 11.3 Å². The fourth-order valence-electron chi connectivity index (χ4n) is 3.22. The van der Waals surface area contributed by atoms with E-state index in [-0.39, 0.29) is 11.3 Å². The number of nitrogens with one attached hydrogen (secondary N) is 2. The molecule has 6 heteroatoms. The van der Waals surface area contributed by atoms with Gasteiger partial charge >= 0.3 is 0 Å². The third-order valence-electron chi connectivity index (χ3n) is 4.32. The first-order chi connectivity index (χ1) is 11.4. The third-order valence-corrected chi connectivity index (χ3v) is 4.32. The van der Waals surface area contributed by atoms with Crippen molar-refractivity contribution in [3.8, 4) is 0 Å². The molecule has 1 atom stereocenters. The number of fused-ring (bicyclic) bond motifs is 1. The van der Waals surface area contributed by atoms with E-state index in [0.717, 1.165) is 36.2 Å². The molecule has 2 aromatic heterocycles. The minimum absolute atomic E-state index is 0.00663. The van der Waals surface area contributed by atoms with Crippen molar-refractivity contribution in [2.45, 2.75) is 46.1 Å². The highest BCUT2D eigenvalue weighted by atomic mass is 16.1. The highest BCUT2D eigenvalue weighted by Crippen LogP contribution is 2.27. The van der Waals surface area contributed by atoms with Crippen LogP contribution in [0.25, 0.3) is 11.0 Å². The molecule has 1 amide bonds. The lowest BCUT2D eigenvalue weighted by molar-refractivity contribution is -0.122. The van der Waals surface area contributed by atoms with Gasteiger partial charge in [-0.05, 0) is 30.5 Å². The molecule has 0 spiro atoms. The quantitative estimate of drug-likeness (QED) is 0.881. The van der Waals surface area contributed by atoms with Gasteiger partial charge in [0.2, 0.25) is 5.91 Å². The number of pyridine rings is 1. The maximum Gasteiger partial charge on any atom is 0.220 e. The minimum Gasteiger partial charge on any atom is -0.354 e. The molecule has 0 saturated carbocycles. The molecule has 3 rings (SSSR count). The Balaban J connectivity index is 1.69. The van der Waals surface area contributed by atoms with Gasteiger partial charge in [-0.1, -0.05) is 20.8 Å². The molecule has 1 aliphatic heterocycles. The van der Waals surface area contributed by atoms with Crippen LogP contribution in [0.5, 0.6) is 0 Å². The summed E-state index contributed by atoms with van der Waals surface area (Å²) in [5.41, 5.74) is 2.04. The monoisotopic (exact) mass is 329 g/mol. The Kier molecular flexibility index (Phi) is 4.85. The molecule has 3 heterocycles. The average Bonchev–Trinajstić information content (AvgIpc) is 3.13. The van der Waals surface area contributed by atoms with E-state index in [0.29, 0.717) is 25.4 Å². The zero-order chi connectivity index (χ0) is 17.2. The van der Waals surface area contributed by atoms with Crippen LogP contribution in [0.4, 0.5) is 0 Å². The highest BCUT2D eigenvalue weighted by molar-refractivity contribution is 5.79. The van der Waals surface area contributed by atoms with Gasteiger partial charge in [0.05, 0.1) is 12.2 Å². The van der Waals surface area contributed by atoms with Crippen LogP contribution in [0, 0.1) is 5.41 Å². The van der Waals surface area contributed by atoms with Gasteiger partial charge in [-0.3, -0.25) is 4.79 Å². The Labute approximate surface area is 143 Å². The molecular formula is C18H27N5O. The number of hydrogen-bond donors (Lipinski definition) is 2. The molecule has 1 saturated heterocycles. The molecule has 0 unspecified atom stereocenters. The Hall–Kier alpha value is -1.95. The van der Waals surface area contributed by atoms with Gasteiger partial charge < -0.3 is 10.6 Å². The van der Waals surface area contributed by atoms with E-state index < -0.39 is 0 Å². The molecule has 130 valence electrons. The summed E-state index contributed by atoms with van der Waals surface area (Å²) in [6.07, 6.45) is 3.45. The average molecular weight is 329 g/mol. The minimum atomic E-state index is 0.00663. The topological polar surface area (TPSA) is 71.8 Å². The number of hydrogen-bond acceptors (Lipinski definition) is 4. The van der Waals surface area contributed by atoms with Crippen molar-refractivity contribution in [2.75, 3.05) is 19.6 Å². The van der Waals surface area contributed by atoms with E-state index in [2.05, 4.69) is 42.5 Å². The first-order valence-electron chi connectivity index (χ1n) is 8.73. The normalized spacial score (nSPS) is 18.2. The number of aromatic nitrogens is 3. The highest BCUT2D eigenvalue weighted by Gasteiger charge is 2.23. The van der Waals surface area contributed by atoms with E-state index >= 15 is 0 Å². The largest absolute Gasteiger partial charge is 0.354 e. The SMILES string of the molecule is CC(C)(C)CC(=O)NCCn1nc([C@H]2CCNC2)c2cccnc21. The molecule has 2 aromatic rings. The molecule has 24 heavy (non-hydrogen) atoms. The summed E-state index contributed by atoms with van der Waals surface area (Å²) in [5.74, 6) is 0.542.